The third-order valence-electron chi connectivity index (χ3n) is 5.50. The van der Waals surface area contributed by atoms with E-state index in [1.54, 1.807) is 6.33 Å². The Bertz CT molecular complexity index is 873. The predicted molar refractivity (Wildman–Crippen MR) is 90.3 cm³/mol. The Balaban J connectivity index is 1.77. The molecule has 2 heterocycles. The number of halogens is 1. The molecular formula is C18H17ClN4. The van der Waals surface area contributed by atoms with Gasteiger partial charge in [0.05, 0.1) is 0 Å². The molecule has 3 aromatic rings. The van der Waals surface area contributed by atoms with Crippen molar-refractivity contribution in [1.82, 2.24) is 19.5 Å². The first-order valence-electron chi connectivity index (χ1n) is 8.25. The van der Waals surface area contributed by atoms with Gasteiger partial charge in [0.15, 0.2) is 10.8 Å². The van der Waals surface area contributed by atoms with Gasteiger partial charge >= 0.3 is 0 Å². The third-order valence-corrected chi connectivity index (χ3v) is 5.77. The van der Waals surface area contributed by atoms with Gasteiger partial charge in [-0.1, -0.05) is 48.4 Å². The van der Waals surface area contributed by atoms with Crippen LogP contribution < -0.4 is 0 Å². The van der Waals surface area contributed by atoms with Crippen molar-refractivity contribution in [3.8, 4) is 11.4 Å². The van der Waals surface area contributed by atoms with E-state index in [0.29, 0.717) is 11.2 Å². The Labute approximate surface area is 139 Å². The van der Waals surface area contributed by atoms with E-state index < -0.39 is 0 Å². The Morgan fingerprint density at radius 2 is 1.91 bits per heavy atom. The zero-order chi connectivity index (χ0) is 15.4. The minimum absolute atomic E-state index is 0.439. The number of fused-ring (bicyclic) bond motifs is 3. The molecule has 0 N–H and O–H groups in total. The van der Waals surface area contributed by atoms with Gasteiger partial charge < -0.3 is 4.57 Å². The molecule has 4 nitrogen and oxygen atoms in total. The first-order valence-corrected chi connectivity index (χ1v) is 8.63. The molecule has 5 rings (SSSR count). The standard InChI is InChI=1S/C18H17ClN4/c19-16-15-18(21-10-20-16)23(14-9-11-6-7-13(14)8-11)17(22-15)12-4-2-1-3-5-12/h1-5,10-11,13-14H,6-9H2/t11-,13+,14+/m0/s1. The van der Waals surface area contributed by atoms with E-state index in [2.05, 4.69) is 26.7 Å². The maximum absolute atomic E-state index is 6.29. The van der Waals surface area contributed by atoms with E-state index in [1.165, 1.54) is 25.7 Å². The van der Waals surface area contributed by atoms with E-state index in [9.17, 15) is 0 Å². The van der Waals surface area contributed by atoms with Crippen LogP contribution in [0.2, 0.25) is 5.15 Å². The summed E-state index contributed by atoms with van der Waals surface area (Å²) in [6.07, 6.45) is 6.83. The van der Waals surface area contributed by atoms with Gasteiger partial charge in [0.2, 0.25) is 0 Å². The molecule has 2 aromatic heterocycles. The van der Waals surface area contributed by atoms with Gasteiger partial charge in [-0.25, -0.2) is 15.0 Å². The SMILES string of the molecule is Clc1ncnc2c1nc(-c1ccccc1)n2[C@@H]1C[C@H]2CC[C@@H]1C2. The number of hydrogen-bond donors (Lipinski definition) is 0. The lowest BCUT2D eigenvalue weighted by atomic mass is 9.95. The number of aromatic nitrogens is 4. The summed E-state index contributed by atoms with van der Waals surface area (Å²) in [6.45, 7) is 0. The first-order chi connectivity index (χ1) is 11.3. The fraction of sp³-hybridized carbons (Fsp3) is 0.389. The van der Waals surface area contributed by atoms with Crippen LogP contribution in [0.15, 0.2) is 36.7 Å². The fourth-order valence-electron chi connectivity index (χ4n) is 4.51. The average molecular weight is 325 g/mol. The molecular weight excluding hydrogens is 308 g/mol. The lowest BCUT2D eigenvalue weighted by molar-refractivity contribution is 0.337. The Morgan fingerprint density at radius 1 is 1.04 bits per heavy atom. The van der Waals surface area contributed by atoms with E-state index in [4.69, 9.17) is 16.6 Å². The van der Waals surface area contributed by atoms with Crippen LogP contribution in [0.1, 0.15) is 31.7 Å². The molecule has 0 unspecified atom stereocenters. The van der Waals surface area contributed by atoms with Gasteiger partial charge in [-0.15, -0.1) is 0 Å². The highest BCUT2D eigenvalue weighted by Gasteiger charge is 2.42. The van der Waals surface area contributed by atoms with Crippen molar-refractivity contribution in [2.24, 2.45) is 11.8 Å². The highest BCUT2D eigenvalue weighted by atomic mass is 35.5. The molecule has 0 saturated heterocycles. The van der Waals surface area contributed by atoms with Crippen LogP contribution in [0.5, 0.6) is 0 Å². The van der Waals surface area contributed by atoms with Crippen LogP contribution in [0.25, 0.3) is 22.6 Å². The lowest BCUT2D eigenvalue weighted by Crippen LogP contribution is -2.17. The quantitative estimate of drug-likeness (QED) is 0.651. The minimum atomic E-state index is 0.439. The number of hydrogen-bond acceptors (Lipinski definition) is 3. The van der Waals surface area contributed by atoms with Gasteiger partial charge in [0.1, 0.15) is 17.7 Å². The number of benzene rings is 1. The molecule has 2 aliphatic carbocycles. The van der Waals surface area contributed by atoms with Crippen LogP contribution in [-0.2, 0) is 0 Å². The number of rotatable bonds is 2. The second-order valence-electron chi connectivity index (χ2n) is 6.75. The van der Waals surface area contributed by atoms with E-state index in [1.807, 2.05) is 18.2 Å². The monoisotopic (exact) mass is 324 g/mol. The maximum atomic E-state index is 6.29. The van der Waals surface area contributed by atoms with E-state index in [-0.39, 0.29) is 0 Å². The largest absolute Gasteiger partial charge is 0.305 e. The normalized spacial score (nSPS) is 26.2. The van der Waals surface area contributed by atoms with Gasteiger partial charge in [-0.05, 0) is 31.1 Å². The molecule has 2 aliphatic rings. The molecule has 23 heavy (non-hydrogen) atoms. The van der Waals surface area contributed by atoms with Gasteiger partial charge in [-0.3, -0.25) is 0 Å². The zero-order valence-corrected chi connectivity index (χ0v) is 13.4. The van der Waals surface area contributed by atoms with Crippen molar-refractivity contribution < 1.29 is 0 Å². The number of nitrogens with zero attached hydrogens (tertiary/aromatic N) is 4. The van der Waals surface area contributed by atoms with Gasteiger partial charge in [-0.2, -0.15) is 0 Å². The van der Waals surface area contributed by atoms with Crippen LogP contribution in [-0.4, -0.2) is 19.5 Å². The zero-order valence-electron chi connectivity index (χ0n) is 12.7. The van der Waals surface area contributed by atoms with Crippen LogP contribution >= 0.6 is 11.6 Å². The first kappa shape index (κ1) is 13.5. The summed E-state index contributed by atoms with van der Waals surface area (Å²) in [4.78, 5) is 13.4. The second-order valence-corrected chi connectivity index (χ2v) is 7.11. The summed E-state index contributed by atoms with van der Waals surface area (Å²) in [5.74, 6) is 2.58. The molecule has 3 atom stereocenters. The molecule has 5 heteroatoms. The Kier molecular flexibility index (Phi) is 2.95. The summed E-state index contributed by atoms with van der Waals surface area (Å²) in [7, 11) is 0. The molecule has 0 amide bonds. The number of imidazole rings is 1. The maximum Gasteiger partial charge on any atom is 0.165 e. The van der Waals surface area contributed by atoms with Crippen LogP contribution in [0.3, 0.4) is 0 Å². The van der Waals surface area contributed by atoms with Crippen molar-refractivity contribution in [3.05, 3.63) is 41.8 Å². The molecule has 2 fully saturated rings. The molecule has 2 bridgehead atoms. The van der Waals surface area contributed by atoms with E-state index >= 15 is 0 Å². The van der Waals surface area contributed by atoms with E-state index in [0.717, 1.165) is 34.4 Å². The average Bonchev–Trinajstić information content (AvgIpc) is 3.29. The smallest absolute Gasteiger partial charge is 0.165 e. The van der Waals surface area contributed by atoms with Crippen molar-refractivity contribution in [1.29, 1.82) is 0 Å². The molecule has 2 saturated carbocycles. The second kappa shape index (κ2) is 5.03. The third kappa shape index (κ3) is 2.01. The predicted octanol–water partition coefficient (Wildman–Crippen LogP) is 4.51. The summed E-state index contributed by atoms with van der Waals surface area (Å²) < 4.78 is 2.34. The topological polar surface area (TPSA) is 43.6 Å². The van der Waals surface area contributed by atoms with Crippen molar-refractivity contribution in [2.45, 2.75) is 31.7 Å². The summed E-state index contributed by atoms with van der Waals surface area (Å²) in [6, 6.07) is 10.8. The lowest BCUT2D eigenvalue weighted by Gasteiger charge is -2.25. The Morgan fingerprint density at radius 3 is 2.65 bits per heavy atom. The highest BCUT2D eigenvalue weighted by molar-refractivity contribution is 6.33. The van der Waals surface area contributed by atoms with Gasteiger partial charge in [0, 0.05) is 11.6 Å². The minimum Gasteiger partial charge on any atom is -0.305 e. The van der Waals surface area contributed by atoms with Crippen molar-refractivity contribution in [2.75, 3.05) is 0 Å². The van der Waals surface area contributed by atoms with Gasteiger partial charge in [0.25, 0.3) is 0 Å². The van der Waals surface area contributed by atoms with Crippen molar-refractivity contribution in [3.63, 3.8) is 0 Å². The molecule has 1 aromatic carbocycles. The molecule has 116 valence electrons. The summed E-state index contributed by atoms with van der Waals surface area (Å²) >= 11 is 6.29. The fourth-order valence-corrected chi connectivity index (χ4v) is 4.68. The molecule has 0 aliphatic heterocycles. The molecule has 0 spiro atoms. The Hall–Kier alpha value is -1.94. The summed E-state index contributed by atoms with van der Waals surface area (Å²) in [5, 5.41) is 0.439. The van der Waals surface area contributed by atoms with Crippen LogP contribution in [0, 0.1) is 11.8 Å². The van der Waals surface area contributed by atoms with Crippen molar-refractivity contribution >= 4 is 22.8 Å². The summed E-state index contributed by atoms with van der Waals surface area (Å²) in [5.41, 5.74) is 2.71. The molecule has 0 radical (unpaired) electrons. The highest BCUT2D eigenvalue weighted by Crippen LogP contribution is 2.52. The van der Waals surface area contributed by atoms with Crippen LogP contribution in [0.4, 0.5) is 0 Å².